The van der Waals surface area contributed by atoms with Gasteiger partial charge in [0.05, 0.1) is 5.92 Å². The van der Waals surface area contributed by atoms with E-state index >= 15 is 0 Å². The lowest BCUT2D eigenvalue weighted by Crippen LogP contribution is -2.41. The van der Waals surface area contributed by atoms with Crippen LogP contribution in [0.5, 0.6) is 0 Å². The van der Waals surface area contributed by atoms with Gasteiger partial charge in [-0.1, -0.05) is 12.2 Å². The predicted molar refractivity (Wildman–Crippen MR) is 55.1 cm³/mol. The number of carboxylic acids is 1. The topological polar surface area (TPSA) is 49.3 Å². The van der Waals surface area contributed by atoms with Crippen molar-refractivity contribution in [3.8, 4) is 0 Å². The molecule has 13 heavy (non-hydrogen) atoms. The van der Waals surface area contributed by atoms with E-state index in [-0.39, 0.29) is 12.0 Å². The molecule has 0 aromatic heterocycles. The zero-order valence-corrected chi connectivity index (χ0v) is 8.33. The Hall–Kier alpha value is -0.480. The maximum absolute atomic E-state index is 10.8. The van der Waals surface area contributed by atoms with Gasteiger partial charge in [-0.3, -0.25) is 4.79 Å². The maximum atomic E-state index is 10.8. The lowest BCUT2D eigenvalue weighted by molar-refractivity contribution is -0.142. The summed E-state index contributed by atoms with van der Waals surface area (Å²) in [5.41, 5.74) is 0. The van der Waals surface area contributed by atoms with Gasteiger partial charge in [-0.05, 0) is 12.8 Å². The number of rotatable bonds is 4. The zero-order chi connectivity index (χ0) is 9.68. The fourth-order valence-corrected chi connectivity index (χ4v) is 1.69. The van der Waals surface area contributed by atoms with Crippen LogP contribution in [0.4, 0.5) is 0 Å². The van der Waals surface area contributed by atoms with Gasteiger partial charge in [-0.25, -0.2) is 0 Å². The molecule has 2 N–H and O–H groups in total. The average molecular weight is 201 g/mol. The summed E-state index contributed by atoms with van der Waals surface area (Å²) >= 11 is 4.07. The summed E-state index contributed by atoms with van der Waals surface area (Å²) in [6.07, 6.45) is 5.43. The Kier molecular flexibility index (Phi) is 4.32. The van der Waals surface area contributed by atoms with Gasteiger partial charge in [-0.2, -0.15) is 12.6 Å². The van der Waals surface area contributed by atoms with Crippen LogP contribution in [0.2, 0.25) is 0 Å². The molecule has 3 nitrogen and oxygen atoms in total. The fourth-order valence-electron chi connectivity index (χ4n) is 1.56. The second-order valence-corrected chi connectivity index (χ2v) is 3.62. The van der Waals surface area contributed by atoms with E-state index in [0.717, 1.165) is 18.7 Å². The first-order chi connectivity index (χ1) is 6.25. The number of allylic oxidation sites excluding steroid dienone is 1. The van der Waals surface area contributed by atoms with Crippen LogP contribution in [0.15, 0.2) is 12.2 Å². The molecule has 0 bridgehead atoms. The lowest BCUT2D eigenvalue weighted by Gasteiger charge is -2.25. The third-order valence-electron chi connectivity index (χ3n) is 2.27. The predicted octanol–water partition coefficient (Wildman–Crippen LogP) is 0.925. The summed E-state index contributed by atoms with van der Waals surface area (Å²) in [4.78, 5) is 10.8. The minimum Gasteiger partial charge on any atom is -0.481 e. The molecule has 0 fully saturated rings. The molecule has 0 radical (unpaired) electrons. The molecule has 1 rings (SSSR count). The van der Waals surface area contributed by atoms with Crippen molar-refractivity contribution in [3.05, 3.63) is 12.2 Å². The minimum absolute atomic E-state index is 0.0784. The summed E-state index contributed by atoms with van der Waals surface area (Å²) in [7, 11) is 0. The first-order valence-electron chi connectivity index (χ1n) is 4.47. The number of hydrogen-bond acceptors (Lipinski definition) is 3. The molecule has 0 aromatic rings. The van der Waals surface area contributed by atoms with Gasteiger partial charge < -0.3 is 10.4 Å². The SMILES string of the molecule is O=C(O)C1CC=CCC1NCCS. The van der Waals surface area contributed by atoms with Gasteiger partial charge in [0.1, 0.15) is 0 Å². The number of aliphatic carboxylic acids is 1. The second-order valence-electron chi connectivity index (χ2n) is 3.17. The number of nitrogens with one attached hydrogen (secondary N) is 1. The van der Waals surface area contributed by atoms with E-state index in [1.165, 1.54) is 0 Å². The van der Waals surface area contributed by atoms with Crippen LogP contribution >= 0.6 is 12.6 Å². The lowest BCUT2D eigenvalue weighted by atomic mass is 9.89. The van der Waals surface area contributed by atoms with Crippen molar-refractivity contribution in [2.45, 2.75) is 18.9 Å². The Labute approximate surface area is 83.6 Å². The largest absolute Gasteiger partial charge is 0.481 e. The van der Waals surface area contributed by atoms with Crippen molar-refractivity contribution in [2.24, 2.45) is 5.92 Å². The third-order valence-corrected chi connectivity index (χ3v) is 2.49. The maximum Gasteiger partial charge on any atom is 0.308 e. The second kappa shape index (κ2) is 5.29. The Morgan fingerprint density at radius 2 is 2.23 bits per heavy atom. The van der Waals surface area contributed by atoms with Crippen LogP contribution in [0.1, 0.15) is 12.8 Å². The Balaban J connectivity index is 2.48. The van der Waals surface area contributed by atoms with E-state index in [2.05, 4.69) is 17.9 Å². The first-order valence-corrected chi connectivity index (χ1v) is 5.11. The van der Waals surface area contributed by atoms with Crippen molar-refractivity contribution in [2.75, 3.05) is 12.3 Å². The standard InChI is InChI=1S/C9H15NO2S/c11-9(12)7-3-1-2-4-8(7)10-5-6-13/h1-2,7-8,10,13H,3-6H2,(H,11,12). The number of carboxylic acid groups (broad SMARTS) is 1. The average Bonchev–Trinajstić information content (AvgIpc) is 2.15. The molecule has 2 unspecified atom stereocenters. The van der Waals surface area contributed by atoms with Crippen molar-refractivity contribution >= 4 is 18.6 Å². The summed E-state index contributed by atoms with van der Waals surface area (Å²) in [5, 5.41) is 12.1. The normalized spacial score (nSPS) is 27.5. The van der Waals surface area contributed by atoms with Crippen molar-refractivity contribution in [3.63, 3.8) is 0 Å². The van der Waals surface area contributed by atoms with E-state index in [1.807, 2.05) is 12.2 Å². The molecule has 2 atom stereocenters. The molecule has 0 saturated heterocycles. The van der Waals surface area contributed by atoms with E-state index in [1.54, 1.807) is 0 Å². The highest BCUT2D eigenvalue weighted by Gasteiger charge is 2.27. The Morgan fingerprint density at radius 3 is 2.85 bits per heavy atom. The Bertz CT molecular complexity index is 206. The molecule has 0 aliphatic heterocycles. The molecular weight excluding hydrogens is 186 g/mol. The van der Waals surface area contributed by atoms with Crippen molar-refractivity contribution < 1.29 is 9.90 Å². The van der Waals surface area contributed by atoms with Crippen molar-refractivity contribution in [1.29, 1.82) is 0 Å². The van der Waals surface area contributed by atoms with Gasteiger partial charge in [0.25, 0.3) is 0 Å². The van der Waals surface area contributed by atoms with Gasteiger partial charge in [0.15, 0.2) is 0 Å². The van der Waals surface area contributed by atoms with E-state index < -0.39 is 5.97 Å². The molecule has 1 aliphatic rings. The summed E-state index contributed by atoms with van der Waals surface area (Å²) in [6.45, 7) is 0.769. The van der Waals surface area contributed by atoms with Crippen LogP contribution in [-0.2, 0) is 4.79 Å². The molecular formula is C9H15NO2S. The van der Waals surface area contributed by atoms with Crippen LogP contribution in [-0.4, -0.2) is 29.4 Å². The highest BCUT2D eigenvalue weighted by Crippen LogP contribution is 2.19. The third kappa shape index (κ3) is 3.04. The first kappa shape index (κ1) is 10.6. The monoisotopic (exact) mass is 201 g/mol. The van der Waals surface area contributed by atoms with Gasteiger partial charge in [0.2, 0.25) is 0 Å². The number of thiol groups is 1. The molecule has 0 saturated carbocycles. The smallest absolute Gasteiger partial charge is 0.308 e. The van der Waals surface area contributed by atoms with Gasteiger partial charge in [0, 0.05) is 18.3 Å². The number of carbonyl (C=O) groups is 1. The van der Waals surface area contributed by atoms with E-state index in [4.69, 9.17) is 5.11 Å². The molecule has 0 spiro atoms. The zero-order valence-electron chi connectivity index (χ0n) is 7.44. The van der Waals surface area contributed by atoms with Gasteiger partial charge in [-0.15, -0.1) is 0 Å². The summed E-state index contributed by atoms with van der Waals surface area (Å²) in [6, 6.07) is 0.0784. The molecule has 1 aliphatic carbocycles. The molecule has 74 valence electrons. The highest BCUT2D eigenvalue weighted by molar-refractivity contribution is 7.80. The van der Waals surface area contributed by atoms with Crippen LogP contribution in [0.25, 0.3) is 0 Å². The van der Waals surface area contributed by atoms with Crippen molar-refractivity contribution in [1.82, 2.24) is 5.32 Å². The summed E-state index contributed by atoms with van der Waals surface area (Å²) < 4.78 is 0. The highest BCUT2D eigenvalue weighted by atomic mass is 32.1. The quantitative estimate of drug-likeness (QED) is 0.468. The molecule has 4 heteroatoms. The van der Waals surface area contributed by atoms with Crippen LogP contribution in [0.3, 0.4) is 0 Å². The summed E-state index contributed by atoms with van der Waals surface area (Å²) in [5.74, 6) is -0.238. The fraction of sp³-hybridized carbons (Fsp3) is 0.667. The minimum atomic E-state index is -0.707. The molecule has 0 aromatic carbocycles. The van der Waals surface area contributed by atoms with Crippen LogP contribution in [0, 0.1) is 5.92 Å². The van der Waals surface area contributed by atoms with E-state index in [0.29, 0.717) is 6.42 Å². The van der Waals surface area contributed by atoms with Gasteiger partial charge >= 0.3 is 5.97 Å². The molecule has 0 amide bonds. The van der Waals surface area contributed by atoms with E-state index in [9.17, 15) is 4.79 Å². The number of hydrogen-bond donors (Lipinski definition) is 3. The Morgan fingerprint density at radius 1 is 1.54 bits per heavy atom. The molecule has 0 heterocycles. The van der Waals surface area contributed by atoms with Crippen LogP contribution < -0.4 is 5.32 Å².